The van der Waals surface area contributed by atoms with Gasteiger partial charge in [-0.15, -0.1) is 0 Å². The molecule has 0 aromatic heterocycles. The summed E-state index contributed by atoms with van der Waals surface area (Å²) in [5, 5.41) is 0.892. The molecular weight excluding hydrogens is 132 g/mol. The Hall–Kier alpha value is 0.0300. The third kappa shape index (κ3) is 5.91. The first-order chi connectivity index (χ1) is 4.31. The van der Waals surface area contributed by atoms with E-state index in [1.807, 2.05) is 0 Å². The Balaban J connectivity index is 3.07. The summed E-state index contributed by atoms with van der Waals surface area (Å²) in [4.78, 5) is 0. The lowest BCUT2D eigenvalue weighted by atomic mass is 10.2. The molecule has 1 heteroatoms. The van der Waals surface area contributed by atoms with Gasteiger partial charge in [0.25, 0.3) is 0 Å². The number of halogens is 1. The topological polar surface area (TPSA) is 0 Å². The predicted octanol–water partition coefficient (Wildman–Crippen LogP) is 3.52. The second kappa shape index (κ2) is 6.15. The fourth-order valence-electron chi connectivity index (χ4n) is 0.646. The quantitative estimate of drug-likeness (QED) is 0.531. The van der Waals surface area contributed by atoms with E-state index in [1.165, 1.54) is 19.3 Å². The van der Waals surface area contributed by atoms with E-state index in [1.54, 1.807) is 6.08 Å². The van der Waals surface area contributed by atoms with E-state index in [4.69, 9.17) is 11.6 Å². The van der Waals surface area contributed by atoms with Gasteiger partial charge < -0.3 is 0 Å². The van der Waals surface area contributed by atoms with Crippen LogP contribution in [-0.2, 0) is 0 Å². The highest BCUT2D eigenvalue weighted by atomic mass is 35.5. The molecule has 0 amide bonds. The molecule has 0 aromatic rings. The Morgan fingerprint density at radius 3 is 2.67 bits per heavy atom. The van der Waals surface area contributed by atoms with Gasteiger partial charge in [-0.05, 0) is 19.8 Å². The van der Waals surface area contributed by atoms with Crippen molar-refractivity contribution in [1.29, 1.82) is 0 Å². The van der Waals surface area contributed by atoms with Crippen molar-refractivity contribution in [2.75, 3.05) is 0 Å². The Morgan fingerprint density at radius 2 is 2.22 bits per heavy atom. The van der Waals surface area contributed by atoms with E-state index in [9.17, 15) is 0 Å². The zero-order chi connectivity index (χ0) is 7.11. The van der Waals surface area contributed by atoms with Crippen molar-refractivity contribution in [3.05, 3.63) is 18.0 Å². The first-order valence-electron chi connectivity index (χ1n) is 3.45. The van der Waals surface area contributed by atoms with E-state index in [2.05, 4.69) is 13.8 Å². The highest BCUT2D eigenvalue weighted by Gasteiger charge is 1.88. The van der Waals surface area contributed by atoms with Crippen molar-refractivity contribution in [3.8, 4) is 0 Å². The van der Waals surface area contributed by atoms with Gasteiger partial charge in [0.2, 0.25) is 0 Å². The van der Waals surface area contributed by atoms with Crippen LogP contribution in [0.25, 0.3) is 0 Å². The summed E-state index contributed by atoms with van der Waals surface area (Å²) in [7, 11) is 0. The summed E-state index contributed by atoms with van der Waals surface area (Å²) in [5.41, 5.74) is 0. The van der Waals surface area contributed by atoms with Crippen LogP contribution in [0.3, 0.4) is 0 Å². The zero-order valence-electron chi connectivity index (χ0n) is 5.99. The fourth-order valence-corrected chi connectivity index (χ4v) is 0.780. The van der Waals surface area contributed by atoms with Crippen LogP contribution >= 0.6 is 11.6 Å². The molecule has 0 spiro atoms. The molecule has 0 fully saturated rings. The van der Waals surface area contributed by atoms with Crippen LogP contribution in [0.5, 0.6) is 0 Å². The molecule has 0 N–H and O–H groups in total. The molecule has 0 heterocycles. The number of allylic oxidation sites excluding steroid dienone is 2. The van der Waals surface area contributed by atoms with Gasteiger partial charge >= 0.3 is 0 Å². The van der Waals surface area contributed by atoms with Gasteiger partial charge in [-0.25, -0.2) is 0 Å². The fraction of sp³-hybridized carbons (Fsp3) is 0.625. The van der Waals surface area contributed by atoms with E-state index >= 15 is 0 Å². The molecule has 0 saturated carbocycles. The summed E-state index contributed by atoms with van der Waals surface area (Å²) < 4.78 is 0. The molecule has 0 nitrogen and oxygen atoms in total. The molecule has 0 aromatic carbocycles. The van der Waals surface area contributed by atoms with Crippen LogP contribution in [0.4, 0.5) is 0 Å². The third-order valence-electron chi connectivity index (χ3n) is 1.24. The Morgan fingerprint density at radius 1 is 1.56 bits per heavy atom. The monoisotopic (exact) mass is 145 g/mol. The van der Waals surface area contributed by atoms with Gasteiger partial charge in [-0.1, -0.05) is 37.4 Å². The Labute approximate surface area is 62.9 Å². The van der Waals surface area contributed by atoms with E-state index in [0.717, 1.165) is 11.5 Å². The maximum Gasteiger partial charge on any atom is 0.0141 e. The van der Waals surface area contributed by atoms with Gasteiger partial charge in [0.1, 0.15) is 0 Å². The van der Waals surface area contributed by atoms with Gasteiger partial charge in [-0.2, -0.15) is 0 Å². The van der Waals surface area contributed by atoms with Gasteiger partial charge in [-0.3, -0.25) is 0 Å². The third-order valence-corrected chi connectivity index (χ3v) is 1.58. The van der Waals surface area contributed by atoms with Crippen molar-refractivity contribution in [3.63, 3.8) is 0 Å². The van der Waals surface area contributed by atoms with E-state index < -0.39 is 0 Å². The average Bonchev–Trinajstić information content (AvgIpc) is 1.89. The number of unbranched alkanes of at least 4 members (excludes halogenated alkanes) is 2. The first-order valence-corrected chi connectivity index (χ1v) is 3.82. The maximum atomic E-state index is 5.70. The highest BCUT2D eigenvalue weighted by molar-refractivity contribution is 6.29. The first kappa shape index (κ1) is 9.03. The van der Waals surface area contributed by atoms with Gasteiger partial charge in [0.15, 0.2) is 0 Å². The molecule has 0 unspecified atom stereocenters. The van der Waals surface area contributed by atoms with Crippen LogP contribution in [0.1, 0.15) is 32.6 Å². The van der Waals surface area contributed by atoms with Gasteiger partial charge in [0, 0.05) is 5.03 Å². The number of hydrogen-bond acceptors (Lipinski definition) is 0. The molecule has 53 valence electrons. The van der Waals surface area contributed by atoms with Crippen molar-refractivity contribution in [2.45, 2.75) is 32.6 Å². The SMILES string of the molecule is [CH2]/C=C(\Cl)CCCCC. The molecule has 0 aliphatic rings. The lowest BCUT2D eigenvalue weighted by molar-refractivity contribution is 0.725. The van der Waals surface area contributed by atoms with E-state index in [0.29, 0.717) is 0 Å². The van der Waals surface area contributed by atoms with Crippen LogP contribution in [-0.4, -0.2) is 0 Å². The molecule has 0 saturated heterocycles. The Kier molecular flexibility index (Phi) is 6.18. The number of hydrogen-bond donors (Lipinski definition) is 0. The normalized spacial score (nSPS) is 12.1. The largest absolute Gasteiger partial charge is 0.0895 e. The minimum atomic E-state index is 0.892. The van der Waals surface area contributed by atoms with Crippen LogP contribution in [0, 0.1) is 6.92 Å². The molecule has 0 aliphatic carbocycles. The molecule has 0 aliphatic heterocycles. The molecular formula is C8H14Cl. The molecule has 0 bridgehead atoms. The second-order valence-corrected chi connectivity index (χ2v) is 2.59. The summed E-state index contributed by atoms with van der Waals surface area (Å²) >= 11 is 5.70. The molecule has 0 rings (SSSR count). The molecule has 1 radical (unpaired) electrons. The summed E-state index contributed by atoms with van der Waals surface area (Å²) in [6.45, 7) is 5.75. The summed E-state index contributed by atoms with van der Waals surface area (Å²) in [6.07, 6.45) is 6.43. The lowest BCUT2D eigenvalue weighted by Crippen LogP contribution is -1.74. The van der Waals surface area contributed by atoms with Gasteiger partial charge in [0.05, 0.1) is 0 Å². The van der Waals surface area contributed by atoms with Crippen LogP contribution in [0.2, 0.25) is 0 Å². The van der Waals surface area contributed by atoms with E-state index in [-0.39, 0.29) is 0 Å². The highest BCUT2D eigenvalue weighted by Crippen LogP contribution is 2.11. The lowest BCUT2D eigenvalue weighted by Gasteiger charge is -1.94. The predicted molar refractivity (Wildman–Crippen MR) is 43.4 cm³/mol. The van der Waals surface area contributed by atoms with Crippen molar-refractivity contribution in [1.82, 2.24) is 0 Å². The average molecular weight is 146 g/mol. The summed E-state index contributed by atoms with van der Waals surface area (Å²) in [6, 6.07) is 0. The van der Waals surface area contributed by atoms with Crippen molar-refractivity contribution < 1.29 is 0 Å². The standard InChI is InChI=1S/C8H14Cl/c1-3-5-6-7-8(9)4-2/h4H,2-3,5-7H2,1H3/b8-4-. The second-order valence-electron chi connectivity index (χ2n) is 2.11. The molecule has 0 atom stereocenters. The zero-order valence-corrected chi connectivity index (χ0v) is 6.75. The smallest absolute Gasteiger partial charge is 0.0141 e. The van der Waals surface area contributed by atoms with Crippen molar-refractivity contribution in [2.24, 2.45) is 0 Å². The van der Waals surface area contributed by atoms with Crippen molar-refractivity contribution >= 4 is 11.6 Å². The van der Waals surface area contributed by atoms with Crippen LogP contribution in [0.15, 0.2) is 11.1 Å². The van der Waals surface area contributed by atoms with Crippen LogP contribution < -0.4 is 0 Å². The minimum Gasteiger partial charge on any atom is -0.0895 e. The Bertz CT molecular complexity index is 84.6. The maximum absolute atomic E-state index is 5.70. The number of rotatable bonds is 4. The minimum absolute atomic E-state index is 0.892. The molecule has 9 heavy (non-hydrogen) atoms. The summed E-state index contributed by atoms with van der Waals surface area (Å²) in [5.74, 6) is 0.